The molecule has 0 aromatic carbocycles. The molecular weight excluding hydrogens is 221 g/mol. The minimum absolute atomic E-state index is 0.118. The predicted octanol–water partition coefficient (Wildman–Crippen LogP) is 0.809. The van der Waals surface area contributed by atoms with E-state index in [-0.39, 0.29) is 18.6 Å². The number of amides is 1. The molecule has 1 fully saturated rings. The summed E-state index contributed by atoms with van der Waals surface area (Å²) in [7, 11) is -3.86. The van der Waals surface area contributed by atoms with Crippen molar-refractivity contribution >= 4 is 13.7 Å². The number of nitrogens with one attached hydrogen (secondary N) is 1. The second-order valence-electron chi connectivity index (χ2n) is 3.44. The molecule has 0 bridgehead atoms. The van der Waals surface area contributed by atoms with Gasteiger partial charge in [-0.15, -0.1) is 0 Å². The van der Waals surface area contributed by atoms with Crippen LogP contribution in [0.1, 0.15) is 26.2 Å². The maximum atomic E-state index is 11.2. The molecule has 0 saturated carbocycles. The fourth-order valence-electron chi connectivity index (χ4n) is 1.37. The molecule has 2 unspecified atom stereocenters. The highest BCUT2D eigenvalue weighted by Crippen LogP contribution is 2.47. The van der Waals surface area contributed by atoms with E-state index in [1.807, 2.05) is 0 Å². The van der Waals surface area contributed by atoms with Crippen LogP contribution in [0.15, 0.2) is 0 Å². The molecule has 2 atom stereocenters. The van der Waals surface area contributed by atoms with Crippen molar-refractivity contribution in [3.63, 3.8) is 0 Å². The molecule has 1 saturated heterocycles. The van der Waals surface area contributed by atoms with Gasteiger partial charge in [0.15, 0.2) is 0 Å². The second kappa shape index (κ2) is 5.61. The Bertz CT molecular complexity index is 270. The molecule has 0 aliphatic carbocycles. The summed E-state index contributed by atoms with van der Waals surface area (Å²) in [4.78, 5) is 19.8. The van der Waals surface area contributed by atoms with Crippen LogP contribution in [-0.2, 0) is 18.4 Å². The van der Waals surface area contributed by atoms with Gasteiger partial charge in [-0.25, -0.2) is 4.57 Å². The lowest BCUT2D eigenvalue weighted by Crippen LogP contribution is -2.25. The Morgan fingerprint density at radius 2 is 2.40 bits per heavy atom. The van der Waals surface area contributed by atoms with E-state index >= 15 is 0 Å². The van der Waals surface area contributed by atoms with Crippen molar-refractivity contribution in [1.82, 2.24) is 5.32 Å². The zero-order valence-electron chi connectivity index (χ0n) is 8.64. The maximum absolute atomic E-state index is 11.2. The fourth-order valence-corrected chi connectivity index (χ4v) is 2.38. The van der Waals surface area contributed by atoms with Crippen molar-refractivity contribution in [3.05, 3.63) is 0 Å². The average molecular weight is 237 g/mol. The minimum atomic E-state index is -3.86. The maximum Gasteiger partial charge on any atom is 0.472 e. The minimum Gasteiger partial charge on any atom is -0.356 e. The molecule has 88 valence electrons. The summed E-state index contributed by atoms with van der Waals surface area (Å²) in [6.07, 6.45) is 1.56. The van der Waals surface area contributed by atoms with Crippen LogP contribution in [0.25, 0.3) is 0 Å². The van der Waals surface area contributed by atoms with Gasteiger partial charge in [0.25, 0.3) is 0 Å². The van der Waals surface area contributed by atoms with E-state index in [1.54, 1.807) is 0 Å². The molecule has 0 radical (unpaired) electrons. The Morgan fingerprint density at radius 1 is 1.67 bits per heavy atom. The number of hydrogen-bond donors (Lipinski definition) is 2. The molecular formula is C8H16NO5P. The van der Waals surface area contributed by atoms with Crippen molar-refractivity contribution in [2.45, 2.75) is 32.3 Å². The zero-order chi connectivity index (χ0) is 11.3. The summed E-state index contributed by atoms with van der Waals surface area (Å²) in [5.74, 6) is -0.118. The molecule has 2 N–H and O–H groups in total. The number of rotatable bonds is 3. The number of phosphoric ester groups is 1. The van der Waals surface area contributed by atoms with Crippen molar-refractivity contribution in [2.24, 2.45) is 0 Å². The Labute approximate surface area is 88.6 Å². The van der Waals surface area contributed by atoms with Crippen molar-refractivity contribution in [3.8, 4) is 0 Å². The topological polar surface area (TPSA) is 84.9 Å². The quantitative estimate of drug-likeness (QED) is 0.709. The van der Waals surface area contributed by atoms with Crippen LogP contribution in [-0.4, -0.2) is 30.1 Å². The molecule has 1 rings (SSSR count). The standard InChI is InChI=1S/C8H16NO5P/c1-7(10)9-5-4-8-3-2-6-13-15(11,12)14-8/h8H,2-6H2,1H3,(H,9,10)(H,11,12). The van der Waals surface area contributed by atoms with Crippen molar-refractivity contribution in [2.75, 3.05) is 13.2 Å². The summed E-state index contributed by atoms with van der Waals surface area (Å²) in [5, 5.41) is 2.61. The van der Waals surface area contributed by atoms with E-state index in [9.17, 15) is 9.36 Å². The normalized spacial score (nSPS) is 32.0. The van der Waals surface area contributed by atoms with Crippen LogP contribution in [0.5, 0.6) is 0 Å². The lowest BCUT2D eigenvalue weighted by molar-refractivity contribution is -0.119. The van der Waals surface area contributed by atoms with E-state index in [2.05, 4.69) is 9.84 Å². The summed E-state index contributed by atoms with van der Waals surface area (Å²) in [5.41, 5.74) is 0. The van der Waals surface area contributed by atoms with Gasteiger partial charge in [0.1, 0.15) is 0 Å². The third-order valence-electron chi connectivity index (χ3n) is 2.05. The number of hydrogen-bond acceptors (Lipinski definition) is 4. The molecule has 0 aromatic rings. The van der Waals surface area contributed by atoms with Crippen LogP contribution in [0.4, 0.5) is 0 Å². The van der Waals surface area contributed by atoms with E-state index < -0.39 is 7.82 Å². The molecule has 0 spiro atoms. The third-order valence-corrected chi connectivity index (χ3v) is 3.12. The van der Waals surface area contributed by atoms with E-state index in [1.165, 1.54) is 6.92 Å². The molecule has 1 aliphatic heterocycles. The number of phosphoric acid groups is 1. The monoisotopic (exact) mass is 237 g/mol. The van der Waals surface area contributed by atoms with Gasteiger partial charge in [0, 0.05) is 13.5 Å². The highest BCUT2D eigenvalue weighted by molar-refractivity contribution is 7.47. The Hall–Kier alpha value is -0.420. The molecule has 0 aromatic heterocycles. The largest absolute Gasteiger partial charge is 0.472 e. The summed E-state index contributed by atoms with van der Waals surface area (Å²) >= 11 is 0. The highest BCUT2D eigenvalue weighted by atomic mass is 31.2. The Morgan fingerprint density at radius 3 is 3.07 bits per heavy atom. The fraction of sp³-hybridized carbons (Fsp3) is 0.875. The first-order valence-electron chi connectivity index (χ1n) is 4.90. The zero-order valence-corrected chi connectivity index (χ0v) is 9.53. The van der Waals surface area contributed by atoms with Crippen LogP contribution >= 0.6 is 7.82 Å². The summed E-state index contributed by atoms with van der Waals surface area (Å²) in [6.45, 7) is 2.11. The molecule has 1 amide bonds. The van der Waals surface area contributed by atoms with Gasteiger partial charge in [-0.3, -0.25) is 13.8 Å². The van der Waals surface area contributed by atoms with Gasteiger partial charge in [-0.2, -0.15) is 0 Å². The van der Waals surface area contributed by atoms with Crippen LogP contribution in [0.2, 0.25) is 0 Å². The Kier molecular flexibility index (Phi) is 4.73. The van der Waals surface area contributed by atoms with Gasteiger partial charge in [-0.05, 0) is 19.3 Å². The van der Waals surface area contributed by atoms with Gasteiger partial charge in [-0.1, -0.05) is 0 Å². The summed E-state index contributed by atoms with van der Waals surface area (Å²) in [6, 6.07) is 0. The van der Waals surface area contributed by atoms with Gasteiger partial charge >= 0.3 is 7.82 Å². The first-order chi connectivity index (χ1) is 6.99. The van der Waals surface area contributed by atoms with Crippen LogP contribution < -0.4 is 5.32 Å². The Balaban J connectivity index is 2.33. The van der Waals surface area contributed by atoms with E-state index in [4.69, 9.17) is 9.42 Å². The molecule has 1 aliphatic rings. The smallest absolute Gasteiger partial charge is 0.356 e. The lowest BCUT2D eigenvalue weighted by Gasteiger charge is -2.16. The van der Waals surface area contributed by atoms with Crippen molar-refractivity contribution in [1.29, 1.82) is 0 Å². The third kappa shape index (κ3) is 5.28. The van der Waals surface area contributed by atoms with E-state index in [0.29, 0.717) is 25.8 Å². The average Bonchev–Trinajstić information content (AvgIpc) is 2.26. The van der Waals surface area contributed by atoms with Crippen molar-refractivity contribution < 1.29 is 23.3 Å². The van der Waals surface area contributed by atoms with Gasteiger partial charge in [0.2, 0.25) is 5.91 Å². The first-order valence-corrected chi connectivity index (χ1v) is 6.39. The number of carbonyl (C=O) groups is 1. The summed E-state index contributed by atoms with van der Waals surface area (Å²) < 4.78 is 20.8. The first kappa shape index (κ1) is 12.6. The molecule has 7 heteroatoms. The lowest BCUT2D eigenvalue weighted by atomic mass is 10.1. The second-order valence-corrected chi connectivity index (χ2v) is 4.85. The predicted molar refractivity (Wildman–Crippen MR) is 53.2 cm³/mol. The van der Waals surface area contributed by atoms with Crippen LogP contribution in [0.3, 0.4) is 0 Å². The number of carbonyl (C=O) groups excluding carboxylic acids is 1. The molecule has 6 nitrogen and oxygen atoms in total. The van der Waals surface area contributed by atoms with Gasteiger partial charge < -0.3 is 10.2 Å². The molecule has 1 heterocycles. The highest BCUT2D eigenvalue weighted by Gasteiger charge is 2.29. The van der Waals surface area contributed by atoms with Crippen LogP contribution in [0, 0.1) is 0 Å². The molecule has 15 heavy (non-hydrogen) atoms. The van der Waals surface area contributed by atoms with E-state index in [0.717, 1.165) is 0 Å². The van der Waals surface area contributed by atoms with Gasteiger partial charge in [0.05, 0.1) is 12.7 Å². The SMILES string of the molecule is CC(=O)NCCC1CCCOP(=O)(O)O1.